The fourth-order valence-electron chi connectivity index (χ4n) is 2.20. The second kappa shape index (κ2) is 7.74. The summed E-state index contributed by atoms with van der Waals surface area (Å²) in [5.41, 5.74) is 0.894. The lowest BCUT2D eigenvalue weighted by molar-refractivity contribution is -0.122. The maximum absolute atomic E-state index is 12.4. The van der Waals surface area contributed by atoms with Crippen LogP contribution < -0.4 is 10.0 Å². The molecule has 1 amide bonds. The summed E-state index contributed by atoms with van der Waals surface area (Å²) >= 11 is 11.9. The normalized spacial score (nSPS) is 12.8. The highest BCUT2D eigenvalue weighted by molar-refractivity contribution is 7.89. The van der Waals surface area contributed by atoms with E-state index in [0.29, 0.717) is 15.6 Å². The summed E-state index contributed by atoms with van der Waals surface area (Å²) in [7, 11) is -3.93. The van der Waals surface area contributed by atoms with E-state index < -0.39 is 22.0 Å². The summed E-state index contributed by atoms with van der Waals surface area (Å²) in [4.78, 5) is 12.1. The molecule has 7 nitrogen and oxygen atoms in total. The minimum atomic E-state index is -3.93. The molecule has 0 aliphatic heterocycles. The highest BCUT2D eigenvalue weighted by atomic mass is 35.5. The molecule has 0 unspecified atom stereocenters. The quantitative estimate of drug-likeness (QED) is 0.768. The van der Waals surface area contributed by atoms with Gasteiger partial charge in [0.1, 0.15) is 10.6 Å². The van der Waals surface area contributed by atoms with Gasteiger partial charge in [-0.1, -0.05) is 34.4 Å². The number of rotatable bonds is 6. The molecular formula is C15H17Cl2N3O4S. The first-order chi connectivity index (χ1) is 11.6. The second-order valence-electron chi connectivity index (χ2n) is 5.45. The number of aryl methyl sites for hydroxylation is 2. The average Bonchev–Trinajstić information content (AvgIpc) is 2.85. The van der Waals surface area contributed by atoms with Crippen LogP contribution in [0.3, 0.4) is 0 Å². The van der Waals surface area contributed by atoms with Gasteiger partial charge in [-0.25, -0.2) is 8.42 Å². The van der Waals surface area contributed by atoms with Crippen LogP contribution in [0.5, 0.6) is 0 Å². The number of sulfonamides is 1. The Morgan fingerprint density at radius 2 is 2.00 bits per heavy atom. The van der Waals surface area contributed by atoms with Crippen molar-refractivity contribution in [3.63, 3.8) is 0 Å². The maximum atomic E-state index is 12.4. The zero-order valence-corrected chi connectivity index (χ0v) is 16.1. The van der Waals surface area contributed by atoms with Crippen molar-refractivity contribution >= 4 is 39.1 Å². The Bertz CT molecular complexity index is 877. The van der Waals surface area contributed by atoms with Gasteiger partial charge < -0.3 is 9.84 Å². The zero-order valence-electron chi connectivity index (χ0n) is 13.8. The van der Waals surface area contributed by atoms with Crippen molar-refractivity contribution in [2.45, 2.75) is 38.3 Å². The molecule has 2 rings (SSSR count). The van der Waals surface area contributed by atoms with E-state index in [1.54, 1.807) is 18.2 Å². The number of halogens is 2. The molecule has 1 heterocycles. The van der Waals surface area contributed by atoms with E-state index in [1.807, 2.05) is 0 Å². The molecule has 1 aromatic heterocycles. The molecule has 0 fully saturated rings. The predicted molar refractivity (Wildman–Crippen MR) is 94.1 cm³/mol. The standard InChI is InChI=1S/C15H17Cl2N3O4S/c1-8-14(10(3)24-19-8)25(22,23)20-9(2)15(21)18-7-11-4-5-12(16)6-13(11)17/h4-6,9,20H,7H2,1-3H3,(H,18,21)/t9-/m0/s1. The first-order valence-electron chi connectivity index (χ1n) is 7.28. The number of nitrogens with one attached hydrogen (secondary N) is 2. The van der Waals surface area contributed by atoms with Gasteiger partial charge in [-0.2, -0.15) is 4.72 Å². The second-order valence-corrected chi connectivity index (χ2v) is 7.94. The van der Waals surface area contributed by atoms with Gasteiger partial charge in [0.2, 0.25) is 15.9 Å². The summed E-state index contributed by atoms with van der Waals surface area (Å²) in [6.07, 6.45) is 0. The minimum absolute atomic E-state index is 0.0621. The SMILES string of the molecule is Cc1noc(C)c1S(=O)(=O)N[C@@H](C)C(=O)NCc1ccc(Cl)cc1Cl. The van der Waals surface area contributed by atoms with E-state index in [2.05, 4.69) is 15.2 Å². The predicted octanol–water partition coefficient (Wildman–Crippen LogP) is 2.58. The fraction of sp³-hybridized carbons (Fsp3) is 0.333. The number of carbonyl (C=O) groups excluding carboxylic acids is 1. The van der Waals surface area contributed by atoms with Crippen molar-refractivity contribution in [2.24, 2.45) is 0 Å². The Morgan fingerprint density at radius 3 is 2.56 bits per heavy atom. The van der Waals surface area contributed by atoms with Crippen molar-refractivity contribution in [3.8, 4) is 0 Å². The van der Waals surface area contributed by atoms with Crippen LogP contribution in [0.1, 0.15) is 23.9 Å². The molecule has 136 valence electrons. The van der Waals surface area contributed by atoms with Crippen LogP contribution in [0.15, 0.2) is 27.6 Å². The molecule has 2 N–H and O–H groups in total. The Balaban J connectivity index is 2.03. The topological polar surface area (TPSA) is 101 Å². The summed E-state index contributed by atoms with van der Waals surface area (Å²) in [5, 5.41) is 7.13. The largest absolute Gasteiger partial charge is 0.360 e. The summed E-state index contributed by atoms with van der Waals surface area (Å²) in [5.74, 6) is -0.341. The maximum Gasteiger partial charge on any atom is 0.246 e. The number of nitrogens with zero attached hydrogens (tertiary/aromatic N) is 1. The van der Waals surface area contributed by atoms with E-state index in [-0.39, 0.29) is 22.9 Å². The van der Waals surface area contributed by atoms with Gasteiger partial charge in [0.05, 0.1) is 6.04 Å². The summed E-state index contributed by atoms with van der Waals surface area (Å²) in [6.45, 7) is 4.58. The van der Waals surface area contributed by atoms with Crippen LogP contribution in [-0.2, 0) is 21.4 Å². The van der Waals surface area contributed by atoms with Gasteiger partial charge in [0, 0.05) is 16.6 Å². The van der Waals surface area contributed by atoms with Crippen LogP contribution in [-0.4, -0.2) is 25.5 Å². The van der Waals surface area contributed by atoms with Crippen molar-refractivity contribution < 1.29 is 17.7 Å². The third-order valence-electron chi connectivity index (χ3n) is 3.43. The van der Waals surface area contributed by atoms with Crippen LogP contribution in [0.25, 0.3) is 0 Å². The van der Waals surface area contributed by atoms with Crippen molar-refractivity contribution in [3.05, 3.63) is 45.3 Å². The zero-order chi connectivity index (χ0) is 18.8. The number of hydrogen-bond donors (Lipinski definition) is 2. The molecule has 0 spiro atoms. The van der Waals surface area contributed by atoms with Gasteiger partial charge in [0.25, 0.3) is 0 Å². The first kappa shape index (κ1) is 19.7. The van der Waals surface area contributed by atoms with Crippen molar-refractivity contribution in [2.75, 3.05) is 0 Å². The lowest BCUT2D eigenvalue weighted by Gasteiger charge is -2.14. The number of benzene rings is 1. The average molecular weight is 406 g/mol. The third-order valence-corrected chi connectivity index (χ3v) is 5.80. The van der Waals surface area contributed by atoms with Crippen LogP contribution in [0.2, 0.25) is 10.0 Å². The molecule has 10 heteroatoms. The highest BCUT2D eigenvalue weighted by Gasteiger charge is 2.28. The molecule has 0 aliphatic rings. The Morgan fingerprint density at radius 1 is 1.32 bits per heavy atom. The molecule has 2 aromatic rings. The lowest BCUT2D eigenvalue weighted by atomic mass is 10.2. The van der Waals surface area contributed by atoms with E-state index in [4.69, 9.17) is 27.7 Å². The third kappa shape index (κ3) is 4.72. The van der Waals surface area contributed by atoms with Gasteiger partial charge in [0.15, 0.2) is 5.76 Å². The Kier molecular flexibility index (Phi) is 6.10. The number of hydrogen-bond acceptors (Lipinski definition) is 5. The van der Waals surface area contributed by atoms with E-state index in [9.17, 15) is 13.2 Å². The molecule has 0 aliphatic carbocycles. The number of aromatic nitrogens is 1. The molecule has 1 atom stereocenters. The molecule has 0 radical (unpaired) electrons. The fourth-order valence-corrected chi connectivity index (χ4v) is 4.21. The van der Waals surface area contributed by atoms with Crippen LogP contribution in [0.4, 0.5) is 0 Å². The lowest BCUT2D eigenvalue weighted by Crippen LogP contribution is -2.44. The van der Waals surface area contributed by atoms with Gasteiger partial charge in [-0.3, -0.25) is 4.79 Å². The summed E-state index contributed by atoms with van der Waals surface area (Å²) in [6, 6.07) is 3.90. The van der Waals surface area contributed by atoms with E-state index in [1.165, 1.54) is 20.8 Å². The Hall–Kier alpha value is -1.61. The van der Waals surface area contributed by atoms with Gasteiger partial charge >= 0.3 is 0 Å². The molecule has 1 aromatic carbocycles. The number of carbonyl (C=O) groups is 1. The van der Waals surface area contributed by atoms with Crippen molar-refractivity contribution in [1.29, 1.82) is 0 Å². The van der Waals surface area contributed by atoms with Gasteiger partial charge in [-0.05, 0) is 38.5 Å². The molecule has 25 heavy (non-hydrogen) atoms. The smallest absolute Gasteiger partial charge is 0.246 e. The van der Waals surface area contributed by atoms with Crippen LogP contribution >= 0.6 is 23.2 Å². The van der Waals surface area contributed by atoms with Gasteiger partial charge in [-0.15, -0.1) is 0 Å². The van der Waals surface area contributed by atoms with Crippen molar-refractivity contribution in [1.82, 2.24) is 15.2 Å². The molecule has 0 saturated carbocycles. The van der Waals surface area contributed by atoms with E-state index >= 15 is 0 Å². The van der Waals surface area contributed by atoms with Crippen LogP contribution in [0, 0.1) is 13.8 Å². The monoisotopic (exact) mass is 405 g/mol. The highest BCUT2D eigenvalue weighted by Crippen LogP contribution is 2.21. The molecular weight excluding hydrogens is 389 g/mol. The minimum Gasteiger partial charge on any atom is -0.360 e. The molecule has 0 bridgehead atoms. The number of amides is 1. The molecule has 0 saturated heterocycles. The van der Waals surface area contributed by atoms with E-state index in [0.717, 1.165) is 0 Å². The Labute approximate surface area is 155 Å². The summed E-state index contributed by atoms with van der Waals surface area (Å²) < 4.78 is 31.9. The first-order valence-corrected chi connectivity index (χ1v) is 9.52.